The summed E-state index contributed by atoms with van der Waals surface area (Å²) in [5, 5.41) is 4.21. The van der Waals surface area contributed by atoms with Crippen molar-refractivity contribution in [3.8, 4) is 0 Å². The molecule has 0 saturated heterocycles. The van der Waals surface area contributed by atoms with Crippen LogP contribution in [0.4, 0.5) is 4.79 Å². The van der Waals surface area contributed by atoms with Crippen molar-refractivity contribution in [3.63, 3.8) is 0 Å². The van der Waals surface area contributed by atoms with Crippen molar-refractivity contribution in [2.45, 2.75) is 39.7 Å². The zero-order valence-corrected chi connectivity index (χ0v) is 9.02. The van der Waals surface area contributed by atoms with Gasteiger partial charge in [0.2, 0.25) is 0 Å². The minimum absolute atomic E-state index is 0.360. The molecule has 80 valence electrons. The van der Waals surface area contributed by atoms with Crippen LogP contribution < -0.4 is 0 Å². The highest BCUT2D eigenvalue weighted by Crippen LogP contribution is 2.10. The summed E-state index contributed by atoms with van der Waals surface area (Å²) in [5.41, 5.74) is 7.64. The number of rotatable bonds is 3. The molecule has 1 amide bonds. The van der Waals surface area contributed by atoms with Crippen molar-refractivity contribution in [1.82, 2.24) is 5.01 Å². The lowest BCUT2D eigenvalue weighted by Gasteiger charge is -2.20. The van der Waals surface area contributed by atoms with Gasteiger partial charge in [-0.25, -0.2) is 0 Å². The van der Waals surface area contributed by atoms with Crippen LogP contribution in [0.25, 0.3) is 10.4 Å². The molecule has 0 rings (SSSR count). The van der Waals surface area contributed by atoms with E-state index in [0.717, 1.165) is 5.01 Å². The maximum Gasteiger partial charge on any atom is 0.510 e. The lowest BCUT2D eigenvalue weighted by molar-refractivity contribution is 0.0249. The minimum atomic E-state index is -0.614. The van der Waals surface area contributed by atoms with Gasteiger partial charge in [-0.1, -0.05) is 6.92 Å². The minimum Gasteiger partial charge on any atom is -0.425 e. The molecular formula is C8H16N4O2. The fraction of sp³-hybridized carbons (Fsp3) is 0.875. The average molecular weight is 200 g/mol. The molecule has 0 unspecified atom stereocenters. The lowest BCUT2D eigenvalue weighted by atomic mass is 10.2. The van der Waals surface area contributed by atoms with E-state index in [2.05, 4.69) is 10.1 Å². The molecule has 0 radical (unpaired) electrons. The third-order valence-electron chi connectivity index (χ3n) is 1.19. The molecule has 0 aromatic carbocycles. The second kappa shape index (κ2) is 5.34. The van der Waals surface area contributed by atoms with Gasteiger partial charge in [0.25, 0.3) is 0 Å². The average Bonchev–Trinajstić information content (AvgIpc) is 2.01. The van der Waals surface area contributed by atoms with Gasteiger partial charge in [-0.15, -0.1) is 10.5 Å². The molecule has 0 aliphatic carbocycles. The Morgan fingerprint density at radius 3 is 2.50 bits per heavy atom. The molecule has 0 spiro atoms. The van der Waals surface area contributed by atoms with E-state index in [-0.39, 0.29) is 0 Å². The Morgan fingerprint density at radius 1 is 1.57 bits per heavy atom. The molecule has 6 heteroatoms. The zero-order valence-electron chi connectivity index (χ0n) is 9.02. The zero-order chi connectivity index (χ0) is 11.2. The summed E-state index contributed by atoms with van der Waals surface area (Å²) in [5.74, 6) is 0. The molecule has 0 aromatic heterocycles. The number of nitrogens with zero attached hydrogens (tertiary/aromatic N) is 4. The van der Waals surface area contributed by atoms with Gasteiger partial charge in [0.05, 0.1) is 0 Å². The summed E-state index contributed by atoms with van der Waals surface area (Å²) in [6.07, 6.45) is 0.0929. The Kier molecular flexibility index (Phi) is 4.80. The second-order valence-electron chi connectivity index (χ2n) is 3.78. The van der Waals surface area contributed by atoms with Crippen molar-refractivity contribution < 1.29 is 9.53 Å². The Morgan fingerprint density at radius 2 is 2.14 bits per heavy atom. The Balaban J connectivity index is 4.37. The first-order valence-corrected chi connectivity index (χ1v) is 4.46. The van der Waals surface area contributed by atoms with Crippen molar-refractivity contribution in [2.24, 2.45) is 5.22 Å². The molecule has 0 aromatic rings. The number of amides is 1. The summed E-state index contributed by atoms with van der Waals surface area (Å²) in [6, 6.07) is 0. The molecule has 0 atom stereocenters. The Bertz CT molecular complexity index is 240. The summed E-state index contributed by atoms with van der Waals surface area (Å²) in [6.45, 7) is 7.50. The number of carbonyl (C=O) groups is 1. The van der Waals surface area contributed by atoms with Crippen LogP contribution in [0.2, 0.25) is 0 Å². The van der Waals surface area contributed by atoms with E-state index in [1.807, 2.05) is 6.92 Å². The number of ether oxygens (including phenoxy) is 1. The summed E-state index contributed by atoms with van der Waals surface area (Å²) in [4.78, 5) is 13.9. The largest absolute Gasteiger partial charge is 0.510 e. The van der Waals surface area contributed by atoms with Gasteiger partial charge in [-0.2, -0.15) is 9.71 Å². The third kappa shape index (κ3) is 5.27. The second-order valence-corrected chi connectivity index (χ2v) is 3.78. The SMILES string of the molecule is CCCN(N=[N+]=[N-])C(=O)OC(C)(C)C. The maximum absolute atomic E-state index is 11.4. The highest BCUT2D eigenvalue weighted by molar-refractivity contribution is 5.67. The van der Waals surface area contributed by atoms with Crippen LogP contribution in [-0.2, 0) is 4.74 Å². The van der Waals surface area contributed by atoms with Crippen molar-refractivity contribution in [3.05, 3.63) is 10.4 Å². The molecular weight excluding hydrogens is 184 g/mol. The van der Waals surface area contributed by atoms with Crippen molar-refractivity contribution >= 4 is 6.09 Å². The molecule has 6 nitrogen and oxygen atoms in total. The van der Waals surface area contributed by atoms with Gasteiger partial charge >= 0.3 is 6.09 Å². The third-order valence-corrected chi connectivity index (χ3v) is 1.19. The number of hydrogen-bond donors (Lipinski definition) is 0. The van der Waals surface area contributed by atoms with Gasteiger partial charge in [-0.3, -0.25) is 0 Å². The summed E-state index contributed by atoms with van der Waals surface area (Å²) >= 11 is 0. The molecule has 0 heterocycles. The quantitative estimate of drug-likeness (QED) is 0.304. The maximum atomic E-state index is 11.4. The van der Waals surface area contributed by atoms with E-state index in [0.29, 0.717) is 13.0 Å². The highest BCUT2D eigenvalue weighted by atomic mass is 16.6. The van der Waals surface area contributed by atoms with Crippen molar-refractivity contribution in [2.75, 3.05) is 6.54 Å². The van der Waals surface area contributed by atoms with E-state index >= 15 is 0 Å². The molecule has 0 bridgehead atoms. The monoisotopic (exact) mass is 200 g/mol. The summed E-state index contributed by atoms with van der Waals surface area (Å²) in [7, 11) is 0. The molecule has 14 heavy (non-hydrogen) atoms. The molecule has 0 aliphatic rings. The first-order chi connectivity index (χ1) is 6.40. The van der Waals surface area contributed by atoms with Crippen LogP contribution in [-0.4, -0.2) is 23.2 Å². The van der Waals surface area contributed by atoms with E-state index in [1.54, 1.807) is 20.8 Å². The molecule has 0 aliphatic heterocycles. The van der Waals surface area contributed by atoms with Crippen molar-refractivity contribution in [1.29, 1.82) is 0 Å². The first-order valence-electron chi connectivity index (χ1n) is 4.46. The molecule has 0 saturated carbocycles. The van der Waals surface area contributed by atoms with Crippen LogP contribution in [0.1, 0.15) is 34.1 Å². The van der Waals surface area contributed by atoms with Crippen LogP contribution in [0.15, 0.2) is 5.22 Å². The van der Waals surface area contributed by atoms with Crippen LogP contribution in [0.3, 0.4) is 0 Å². The Hall–Kier alpha value is -1.42. The normalized spacial score (nSPS) is 10.3. The van der Waals surface area contributed by atoms with Crippen LogP contribution in [0.5, 0.6) is 0 Å². The van der Waals surface area contributed by atoms with E-state index in [9.17, 15) is 4.79 Å². The summed E-state index contributed by atoms with van der Waals surface area (Å²) < 4.78 is 5.03. The first kappa shape index (κ1) is 12.6. The predicted molar refractivity (Wildman–Crippen MR) is 52.4 cm³/mol. The van der Waals surface area contributed by atoms with Gasteiger partial charge in [0, 0.05) is 0 Å². The standard InChI is InChI=1S/C8H16N4O2/c1-5-6-12(11-10-9)7(13)14-8(2,3)4/h5-6H2,1-4H3. The molecule has 0 N–H and O–H groups in total. The number of carbonyl (C=O) groups excluding carboxylic acids is 1. The van der Waals surface area contributed by atoms with E-state index in [4.69, 9.17) is 10.3 Å². The van der Waals surface area contributed by atoms with Crippen LogP contribution >= 0.6 is 0 Å². The van der Waals surface area contributed by atoms with Gasteiger partial charge < -0.3 is 4.74 Å². The van der Waals surface area contributed by atoms with Crippen LogP contribution in [0, 0.1) is 0 Å². The number of azide groups is 1. The molecule has 0 fully saturated rings. The topological polar surface area (TPSA) is 78.3 Å². The van der Waals surface area contributed by atoms with E-state index < -0.39 is 11.7 Å². The highest BCUT2D eigenvalue weighted by Gasteiger charge is 2.24. The fourth-order valence-electron chi connectivity index (χ4n) is 0.747. The smallest absolute Gasteiger partial charge is 0.425 e. The predicted octanol–water partition coefficient (Wildman–Crippen LogP) is 2.86. The van der Waals surface area contributed by atoms with Gasteiger partial charge in [-0.05, 0) is 32.4 Å². The van der Waals surface area contributed by atoms with Gasteiger partial charge in [0.1, 0.15) is 12.1 Å². The fourth-order valence-corrected chi connectivity index (χ4v) is 0.747. The van der Waals surface area contributed by atoms with Gasteiger partial charge in [0.15, 0.2) is 0 Å². The number of hydrogen-bond acceptors (Lipinski definition) is 3. The Labute approximate surface area is 83.4 Å². The lowest BCUT2D eigenvalue weighted by Crippen LogP contribution is -2.33. The van der Waals surface area contributed by atoms with E-state index in [1.165, 1.54) is 0 Å².